The molecule has 0 atom stereocenters. The first kappa shape index (κ1) is 42.8. The summed E-state index contributed by atoms with van der Waals surface area (Å²) in [6.07, 6.45) is 0. The van der Waals surface area contributed by atoms with Crippen LogP contribution < -0.4 is 0 Å². The van der Waals surface area contributed by atoms with Gasteiger partial charge in [-0.15, -0.1) is 24.8 Å². The maximum absolute atomic E-state index is 3.25. The molecule has 0 spiro atoms. The molecule has 0 amide bonds. The molecule has 0 fully saturated rings. The van der Waals surface area contributed by atoms with Gasteiger partial charge in [0.05, 0.1) is 0 Å². The second-order valence-electron chi connectivity index (χ2n) is 0. The van der Waals surface area contributed by atoms with Crippen molar-refractivity contribution in [3.05, 3.63) is 13.8 Å². The molecule has 0 aliphatic rings. The minimum absolute atomic E-state index is 0. The van der Waals surface area contributed by atoms with Gasteiger partial charge in [-0.25, -0.2) is 0 Å². The molecule has 0 heterocycles. The number of hydrogen-bond acceptors (Lipinski definition) is 0. The Balaban J connectivity index is -0.00000000267. The standard InChI is InChI=1S/2C2H5.2ClH.Ni/c2*1-2;;;/h2*1H2,2H3;2*1H;/q2*-1;;;+2. The Morgan fingerprint density at radius 2 is 0.714 bits per heavy atom. The van der Waals surface area contributed by atoms with Crippen molar-refractivity contribution in [1.29, 1.82) is 0 Å². The molecule has 0 N–H and O–H groups in total. The average Bonchev–Trinajstić information content (AvgIpc) is 1.50. The van der Waals surface area contributed by atoms with E-state index in [4.69, 9.17) is 0 Å². The predicted molar refractivity (Wildman–Crippen MR) is 36.6 cm³/mol. The van der Waals surface area contributed by atoms with Crippen molar-refractivity contribution in [2.75, 3.05) is 0 Å². The SMILES string of the molecule is Cl.Cl.[CH2-]C.[CH2-]C.[Ni+2]. The molecule has 0 nitrogen and oxygen atoms in total. The van der Waals surface area contributed by atoms with Crippen LogP contribution in [0.4, 0.5) is 0 Å². The molecule has 0 aromatic carbocycles. The first-order valence-corrected chi connectivity index (χ1v) is 1.41. The topological polar surface area (TPSA) is 0 Å². The Morgan fingerprint density at radius 3 is 0.714 bits per heavy atom. The van der Waals surface area contributed by atoms with Crippen LogP contribution in [0.25, 0.3) is 0 Å². The maximum atomic E-state index is 3.25. The van der Waals surface area contributed by atoms with Crippen LogP contribution in [-0.4, -0.2) is 0 Å². The van der Waals surface area contributed by atoms with Crippen LogP contribution in [0.1, 0.15) is 13.8 Å². The van der Waals surface area contributed by atoms with E-state index in [1.54, 1.807) is 13.8 Å². The first-order chi connectivity index (χ1) is 2.00. The Labute approximate surface area is 69.2 Å². The zero-order valence-electron chi connectivity index (χ0n) is 4.55. The second kappa shape index (κ2) is 226. The molecular formula is C4H12Cl2Ni. The van der Waals surface area contributed by atoms with Crippen LogP contribution in [0, 0.1) is 13.8 Å². The summed E-state index contributed by atoms with van der Waals surface area (Å²) in [5, 5.41) is 0. The van der Waals surface area contributed by atoms with E-state index < -0.39 is 0 Å². The third kappa shape index (κ3) is 158. The second-order valence-corrected chi connectivity index (χ2v) is 0. The van der Waals surface area contributed by atoms with Crippen molar-refractivity contribution in [2.24, 2.45) is 0 Å². The molecule has 0 rings (SSSR count). The zero-order chi connectivity index (χ0) is 4.00. The van der Waals surface area contributed by atoms with Crippen LogP contribution in [0.2, 0.25) is 0 Å². The van der Waals surface area contributed by atoms with Gasteiger partial charge in [-0.3, -0.25) is 0 Å². The number of halogens is 2. The van der Waals surface area contributed by atoms with Gasteiger partial charge in [-0.05, 0) is 0 Å². The quantitative estimate of drug-likeness (QED) is 0.406. The molecule has 0 saturated heterocycles. The predicted octanol–water partition coefficient (Wildman–Crippen LogP) is 2.52. The van der Waals surface area contributed by atoms with E-state index >= 15 is 0 Å². The third-order valence-corrected chi connectivity index (χ3v) is 0. The largest absolute Gasteiger partial charge is 2.00 e. The van der Waals surface area contributed by atoms with Crippen LogP contribution in [0.3, 0.4) is 0 Å². The number of rotatable bonds is 0. The summed E-state index contributed by atoms with van der Waals surface area (Å²) in [5.74, 6) is 0. The van der Waals surface area contributed by atoms with Crippen molar-refractivity contribution in [3.63, 3.8) is 0 Å². The van der Waals surface area contributed by atoms with Crippen LogP contribution in [-0.2, 0) is 16.5 Å². The fourth-order valence-corrected chi connectivity index (χ4v) is 0. The van der Waals surface area contributed by atoms with Crippen LogP contribution >= 0.6 is 24.8 Å². The summed E-state index contributed by atoms with van der Waals surface area (Å²) in [5.41, 5.74) is 0. The van der Waals surface area contributed by atoms with E-state index in [1.165, 1.54) is 0 Å². The molecule has 0 unspecified atom stereocenters. The van der Waals surface area contributed by atoms with Gasteiger partial charge in [-0.1, -0.05) is 0 Å². The number of hydrogen-bond donors (Lipinski definition) is 0. The third-order valence-electron chi connectivity index (χ3n) is 0. The summed E-state index contributed by atoms with van der Waals surface area (Å²) in [4.78, 5) is 0. The van der Waals surface area contributed by atoms with Gasteiger partial charge in [0, 0.05) is 0 Å². The summed E-state index contributed by atoms with van der Waals surface area (Å²) >= 11 is 0. The molecule has 0 saturated carbocycles. The normalized spacial score (nSPS) is 1.71. The van der Waals surface area contributed by atoms with Gasteiger partial charge >= 0.3 is 16.5 Å². The Bertz CT molecular complexity index is 9.65. The van der Waals surface area contributed by atoms with Gasteiger partial charge in [0.25, 0.3) is 0 Å². The fraction of sp³-hybridized carbons (Fsp3) is 0.500. The monoisotopic (exact) mass is 188 g/mol. The van der Waals surface area contributed by atoms with Crippen molar-refractivity contribution >= 4 is 24.8 Å². The average molecular weight is 190 g/mol. The molecule has 0 radical (unpaired) electrons. The van der Waals surface area contributed by atoms with E-state index in [-0.39, 0.29) is 41.3 Å². The smallest absolute Gasteiger partial charge is 0.346 e. The van der Waals surface area contributed by atoms with Crippen molar-refractivity contribution in [3.8, 4) is 0 Å². The summed E-state index contributed by atoms with van der Waals surface area (Å²) in [6, 6.07) is 0. The Hall–Kier alpha value is 1.07. The summed E-state index contributed by atoms with van der Waals surface area (Å²) in [7, 11) is 0. The summed E-state index contributed by atoms with van der Waals surface area (Å²) in [6.45, 7) is 10.0. The molecule has 0 bridgehead atoms. The molecule has 3 heteroatoms. The Morgan fingerprint density at radius 1 is 0.714 bits per heavy atom. The molecule has 0 aromatic rings. The minimum atomic E-state index is 0. The molecule has 7 heavy (non-hydrogen) atoms. The van der Waals surface area contributed by atoms with E-state index in [2.05, 4.69) is 13.8 Å². The van der Waals surface area contributed by atoms with E-state index in [0.717, 1.165) is 0 Å². The van der Waals surface area contributed by atoms with Gasteiger partial charge in [0.2, 0.25) is 0 Å². The van der Waals surface area contributed by atoms with Crippen LogP contribution in [0.15, 0.2) is 0 Å². The van der Waals surface area contributed by atoms with E-state index in [0.29, 0.717) is 0 Å². The van der Waals surface area contributed by atoms with Gasteiger partial charge in [0.1, 0.15) is 0 Å². The van der Waals surface area contributed by atoms with Crippen molar-refractivity contribution in [2.45, 2.75) is 13.8 Å². The molecule has 0 aromatic heterocycles. The van der Waals surface area contributed by atoms with E-state index in [1.807, 2.05) is 0 Å². The minimum Gasteiger partial charge on any atom is -0.346 e. The van der Waals surface area contributed by atoms with Crippen molar-refractivity contribution < 1.29 is 16.5 Å². The van der Waals surface area contributed by atoms with Crippen molar-refractivity contribution in [1.82, 2.24) is 0 Å². The maximum Gasteiger partial charge on any atom is 2.00 e. The zero-order valence-corrected chi connectivity index (χ0v) is 7.17. The molecule has 0 aliphatic carbocycles. The fourth-order valence-electron chi connectivity index (χ4n) is 0. The van der Waals surface area contributed by atoms with Crippen LogP contribution in [0.5, 0.6) is 0 Å². The van der Waals surface area contributed by atoms with Gasteiger partial charge < -0.3 is 13.8 Å². The van der Waals surface area contributed by atoms with Gasteiger partial charge in [-0.2, -0.15) is 13.8 Å². The Kier molecular flexibility index (Phi) is 1380. The van der Waals surface area contributed by atoms with E-state index in [9.17, 15) is 0 Å². The molecular weight excluding hydrogens is 178 g/mol. The molecule has 52 valence electrons. The first-order valence-electron chi connectivity index (χ1n) is 1.41. The molecule has 0 aliphatic heterocycles. The summed E-state index contributed by atoms with van der Waals surface area (Å²) < 4.78 is 0. The van der Waals surface area contributed by atoms with Gasteiger partial charge in [0.15, 0.2) is 0 Å².